The number of para-hydroxylation sites is 1. The highest BCUT2D eigenvalue weighted by atomic mass is 16.1. The molecule has 1 aromatic carbocycles. The highest BCUT2D eigenvalue weighted by molar-refractivity contribution is 5.94. The van der Waals surface area contributed by atoms with E-state index in [0.717, 1.165) is 11.4 Å². The highest BCUT2D eigenvalue weighted by Gasteiger charge is 2.07. The number of nitriles is 1. The van der Waals surface area contributed by atoms with E-state index in [2.05, 4.69) is 20.5 Å². The van der Waals surface area contributed by atoms with E-state index < -0.39 is 0 Å². The fraction of sp³-hybridized carbons (Fsp3) is 0.118. The largest absolute Gasteiger partial charge is 0.352 e. The van der Waals surface area contributed by atoms with Gasteiger partial charge in [0.1, 0.15) is 11.8 Å². The molecule has 1 N–H and O–H groups in total. The smallest absolute Gasteiger partial charge is 0.251 e. The summed E-state index contributed by atoms with van der Waals surface area (Å²) in [5, 5.41) is 20.2. The van der Waals surface area contributed by atoms with E-state index in [1.165, 1.54) is 12.3 Å². The molecule has 0 saturated carbocycles. The van der Waals surface area contributed by atoms with Crippen molar-refractivity contribution >= 4 is 5.91 Å². The average Bonchev–Trinajstić information content (AvgIpc) is 3.11. The molecule has 3 rings (SSSR count). The van der Waals surface area contributed by atoms with Gasteiger partial charge in [0, 0.05) is 24.7 Å². The molecule has 0 saturated heterocycles. The summed E-state index contributed by atoms with van der Waals surface area (Å²) in [7, 11) is 0. The minimum atomic E-state index is -0.246. The van der Waals surface area contributed by atoms with E-state index in [1.807, 2.05) is 36.4 Å². The SMILES string of the molecule is N#Cc1cc(C(=O)NCCc2cnn(-c3ccccc3)n2)ccn1. The predicted octanol–water partition coefficient (Wildman–Crippen LogP) is 1.51. The van der Waals surface area contributed by atoms with Crippen LogP contribution < -0.4 is 5.32 Å². The van der Waals surface area contributed by atoms with E-state index in [4.69, 9.17) is 5.26 Å². The summed E-state index contributed by atoms with van der Waals surface area (Å²) >= 11 is 0. The fourth-order valence-electron chi connectivity index (χ4n) is 2.13. The minimum Gasteiger partial charge on any atom is -0.352 e. The Labute approximate surface area is 138 Å². The molecule has 0 aliphatic heterocycles. The number of hydrogen-bond acceptors (Lipinski definition) is 5. The van der Waals surface area contributed by atoms with Crippen molar-refractivity contribution in [1.82, 2.24) is 25.3 Å². The number of rotatable bonds is 5. The number of benzene rings is 1. The topological polar surface area (TPSA) is 96.5 Å². The van der Waals surface area contributed by atoms with Crippen LogP contribution in [-0.4, -0.2) is 32.4 Å². The van der Waals surface area contributed by atoms with E-state index >= 15 is 0 Å². The first-order chi connectivity index (χ1) is 11.8. The Morgan fingerprint density at radius 2 is 2.08 bits per heavy atom. The Morgan fingerprint density at radius 3 is 2.88 bits per heavy atom. The van der Waals surface area contributed by atoms with Gasteiger partial charge in [0.2, 0.25) is 0 Å². The van der Waals surface area contributed by atoms with Gasteiger partial charge in [-0.15, -0.1) is 0 Å². The van der Waals surface area contributed by atoms with Crippen LogP contribution >= 0.6 is 0 Å². The number of pyridine rings is 1. The van der Waals surface area contributed by atoms with Gasteiger partial charge in [-0.2, -0.15) is 20.3 Å². The molecule has 0 radical (unpaired) electrons. The zero-order chi connectivity index (χ0) is 16.8. The maximum absolute atomic E-state index is 12.0. The van der Waals surface area contributed by atoms with Crippen molar-refractivity contribution in [3.63, 3.8) is 0 Å². The second-order valence-corrected chi connectivity index (χ2v) is 5.01. The lowest BCUT2D eigenvalue weighted by molar-refractivity contribution is 0.0954. The number of amides is 1. The van der Waals surface area contributed by atoms with Gasteiger partial charge in [0.05, 0.1) is 17.6 Å². The normalized spacial score (nSPS) is 10.1. The maximum atomic E-state index is 12.0. The molecule has 0 aliphatic rings. The number of carbonyl (C=O) groups is 1. The van der Waals surface area contributed by atoms with Gasteiger partial charge >= 0.3 is 0 Å². The third kappa shape index (κ3) is 3.62. The molecule has 0 unspecified atom stereocenters. The molecule has 3 aromatic rings. The molecule has 24 heavy (non-hydrogen) atoms. The summed E-state index contributed by atoms with van der Waals surface area (Å²) in [6.07, 6.45) is 3.69. The second kappa shape index (κ2) is 7.15. The molecule has 0 spiro atoms. The third-order valence-electron chi connectivity index (χ3n) is 3.33. The Balaban J connectivity index is 1.56. The standard InChI is InChI=1S/C17H14N6O/c18-11-15-10-13(6-8-19-15)17(24)20-9-7-14-12-21-23(22-14)16-4-2-1-3-5-16/h1-6,8,10,12H,7,9H2,(H,20,24). The van der Waals surface area contributed by atoms with E-state index in [9.17, 15) is 4.79 Å². The van der Waals surface area contributed by atoms with Crippen molar-refractivity contribution in [1.29, 1.82) is 5.26 Å². The molecule has 0 bridgehead atoms. The molecule has 0 atom stereocenters. The van der Waals surface area contributed by atoms with Crippen molar-refractivity contribution in [3.05, 3.63) is 71.8 Å². The Hall–Kier alpha value is -3.53. The lowest BCUT2D eigenvalue weighted by atomic mass is 10.2. The van der Waals surface area contributed by atoms with Crippen LogP contribution in [0.2, 0.25) is 0 Å². The Bertz CT molecular complexity index is 881. The molecule has 7 nitrogen and oxygen atoms in total. The van der Waals surface area contributed by atoms with E-state index in [-0.39, 0.29) is 11.6 Å². The van der Waals surface area contributed by atoms with Gasteiger partial charge in [-0.05, 0) is 24.3 Å². The lowest BCUT2D eigenvalue weighted by Gasteiger charge is -2.03. The first kappa shape index (κ1) is 15.4. The molecular weight excluding hydrogens is 304 g/mol. The van der Waals surface area contributed by atoms with Crippen LogP contribution in [0.3, 0.4) is 0 Å². The van der Waals surface area contributed by atoms with Gasteiger partial charge < -0.3 is 5.32 Å². The summed E-state index contributed by atoms with van der Waals surface area (Å²) in [6, 6.07) is 14.5. The number of nitrogens with zero attached hydrogens (tertiary/aromatic N) is 5. The lowest BCUT2D eigenvalue weighted by Crippen LogP contribution is -2.26. The number of carbonyl (C=O) groups excluding carboxylic acids is 1. The van der Waals surface area contributed by atoms with Gasteiger partial charge in [0.15, 0.2) is 0 Å². The monoisotopic (exact) mass is 318 g/mol. The summed E-state index contributed by atoms with van der Waals surface area (Å²) in [6.45, 7) is 0.427. The van der Waals surface area contributed by atoms with Crippen molar-refractivity contribution in [2.75, 3.05) is 6.54 Å². The molecule has 2 heterocycles. The van der Waals surface area contributed by atoms with Crippen LogP contribution in [0.1, 0.15) is 21.7 Å². The maximum Gasteiger partial charge on any atom is 0.251 e. The van der Waals surface area contributed by atoms with Gasteiger partial charge in [0.25, 0.3) is 5.91 Å². The molecule has 118 valence electrons. The molecular formula is C17H14N6O. The fourth-order valence-corrected chi connectivity index (χ4v) is 2.13. The number of nitrogens with one attached hydrogen (secondary N) is 1. The van der Waals surface area contributed by atoms with Crippen molar-refractivity contribution < 1.29 is 4.79 Å². The number of aromatic nitrogens is 4. The van der Waals surface area contributed by atoms with Crippen LogP contribution in [0.4, 0.5) is 0 Å². The third-order valence-corrected chi connectivity index (χ3v) is 3.33. The van der Waals surface area contributed by atoms with Gasteiger partial charge in [-0.3, -0.25) is 4.79 Å². The quantitative estimate of drug-likeness (QED) is 0.769. The van der Waals surface area contributed by atoms with Crippen LogP contribution in [0.25, 0.3) is 5.69 Å². The van der Waals surface area contributed by atoms with Crippen LogP contribution in [-0.2, 0) is 6.42 Å². The summed E-state index contributed by atoms with van der Waals surface area (Å²) in [5.74, 6) is -0.246. The van der Waals surface area contributed by atoms with Crippen molar-refractivity contribution in [2.24, 2.45) is 0 Å². The van der Waals surface area contributed by atoms with E-state index in [0.29, 0.717) is 18.5 Å². The molecule has 1 amide bonds. The van der Waals surface area contributed by atoms with Crippen molar-refractivity contribution in [2.45, 2.75) is 6.42 Å². The Morgan fingerprint density at radius 1 is 1.25 bits per heavy atom. The molecule has 7 heteroatoms. The second-order valence-electron chi connectivity index (χ2n) is 5.01. The molecule has 0 fully saturated rings. The first-order valence-corrected chi connectivity index (χ1v) is 7.37. The predicted molar refractivity (Wildman–Crippen MR) is 86.3 cm³/mol. The average molecular weight is 318 g/mol. The van der Waals surface area contributed by atoms with Crippen LogP contribution in [0.15, 0.2) is 54.9 Å². The minimum absolute atomic E-state index is 0.216. The van der Waals surface area contributed by atoms with Crippen molar-refractivity contribution in [3.8, 4) is 11.8 Å². The van der Waals surface area contributed by atoms with Crippen LogP contribution in [0, 0.1) is 11.3 Å². The van der Waals surface area contributed by atoms with Crippen LogP contribution in [0.5, 0.6) is 0 Å². The number of hydrogen-bond donors (Lipinski definition) is 1. The molecule has 0 aliphatic carbocycles. The first-order valence-electron chi connectivity index (χ1n) is 7.37. The van der Waals surface area contributed by atoms with E-state index in [1.54, 1.807) is 17.1 Å². The highest BCUT2D eigenvalue weighted by Crippen LogP contribution is 2.05. The zero-order valence-electron chi connectivity index (χ0n) is 12.8. The zero-order valence-corrected chi connectivity index (χ0v) is 12.8. The van der Waals surface area contributed by atoms with Gasteiger partial charge in [-0.1, -0.05) is 18.2 Å². The van der Waals surface area contributed by atoms with Gasteiger partial charge in [-0.25, -0.2) is 4.98 Å². The summed E-state index contributed by atoms with van der Waals surface area (Å²) < 4.78 is 0. The molecule has 2 aromatic heterocycles. The summed E-state index contributed by atoms with van der Waals surface area (Å²) in [5.41, 5.74) is 2.29. The Kier molecular flexibility index (Phi) is 4.58. The summed E-state index contributed by atoms with van der Waals surface area (Å²) in [4.78, 5) is 17.4.